The van der Waals surface area contributed by atoms with Crippen molar-refractivity contribution in [3.05, 3.63) is 69.8 Å². The molecule has 0 aliphatic carbocycles. The number of fused-ring (bicyclic) bond motifs is 1. The molecule has 0 radical (unpaired) electrons. The number of carbonyl (C=O) groups excluding carboxylic acids is 1. The van der Waals surface area contributed by atoms with Gasteiger partial charge in [0, 0.05) is 17.3 Å². The Morgan fingerprint density at radius 1 is 1.21 bits per heavy atom. The summed E-state index contributed by atoms with van der Waals surface area (Å²) in [6, 6.07) is 13.8. The van der Waals surface area contributed by atoms with Gasteiger partial charge in [0.15, 0.2) is 11.2 Å². The largest absolute Gasteiger partial charge is 0.496 e. The van der Waals surface area contributed by atoms with Crippen LogP contribution in [0.15, 0.2) is 63.6 Å². The van der Waals surface area contributed by atoms with Crippen molar-refractivity contribution in [1.82, 2.24) is 9.97 Å². The molecular weight excluding hydrogens is 446 g/mol. The maximum atomic E-state index is 12.6. The number of pyridine rings is 1. The highest BCUT2D eigenvalue weighted by Gasteiger charge is 2.14. The lowest BCUT2D eigenvalue weighted by Crippen LogP contribution is -2.12. The molecule has 0 saturated carbocycles. The summed E-state index contributed by atoms with van der Waals surface area (Å²) in [5.41, 5.74) is 2.68. The first-order valence-electron chi connectivity index (χ1n) is 8.21. The van der Waals surface area contributed by atoms with Gasteiger partial charge >= 0.3 is 0 Å². The number of hydrogen-bond donors (Lipinski definition) is 1. The number of halogens is 2. The summed E-state index contributed by atoms with van der Waals surface area (Å²) in [5, 5.41) is 3.22. The Labute approximate surface area is 173 Å². The summed E-state index contributed by atoms with van der Waals surface area (Å²) in [6.07, 6.45) is 1.65. The SMILES string of the molecule is COc1ccc(C(=O)Nc2cc(-c3nc4ncccc4o3)ccc2Cl)cc1Br. The lowest BCUT2D eigenvalue weighted by atomic mass is 10.1. The van der Waals surface area contributed by atoms with Crippen LogP contribution in [-0.2, 0) is 0 Å². The highest BCUT2D eigenvalue weighted by molar-refractivity contribution is 9.10. The number of anilines is 1. The van der Waals surface area contributed by atoms with E-state index in [9.17, 15) is 4.79 Å². The molecule has 2 heterocycles. The Bertz CT molecular complexity index is 1160. The van der Waals surface area contributed by atoms with E-state index < -0.39 is 0 Å². The van der Waals surface area contributed by atoms with Crippen molar-refractivity contribution in [1.29, 1.82) is 0 Å². The average Bonchev–Trinajstić information content (AvgIpc) is 3.13. The molecule has 28 heavy (non-hydrogen) atoms. The maximum Gasteiger partial charge on any atom is 0.255 e. The Kier molecular flexibility index (Phi) is 5.02. The van der Waals surface area contributed by atoms with E-state index in [1.807, 2.05) is 0 Å². The summed E-state index contributed by atoms with van der Waals surface area (Å²) in [4.78, 5) is 21.2. The zero-order valence-corrected chi connectivity index (χ0v) is 16.9. The molecule has 0 atom stereocenters. The Morgan fingerprint density at radius 2 is 2.07 bits per heavy atom. The second-order valence-corrected chi connectivity index (χ2v) is 7.10. The fourth-order valence-corrected chi connectivity index (χ4v) is 3.35. The Hall–Kier alpha value is -2.90. The fourth-order valence-electron chi connectivity index (χ4n) is 2.65. The molecule has 0 unspecified atom stereocenters. The minimum Gasteiger partial charge on any atom is -0.496 e. The third-order valence-electron chi connectivity index (χ3n) is 4.04. The Balaban J connectivity index is 1.63. The molecule has 2 aromatic carbocycles. The third-order valence-corrected chi connectivity index (χ3v) is 4.99. The molecule has 8 heteroatoms. The van der Waals surface area contributed by atoms with Crippen LogP contribution in [-0.4, -0.2) is 23.0 Å². The normalized spacial score (nSPS) is 10.8. The molecule has 0 bridgehead atoms. The van der Waals surface area contributed by atoms with Crippen molar-refractivity contribution in [2.75, 3.05) is 12.4 Å². The van der Waals surface area contributed by atoms with Crippen LogP contribution in [0.25, 0.3) is 22.7 Å². The number of benzene rings is 2. The molecule has 1 amide bonds. The molecule has 140 valence electrons. The van der Waals surface area contributed by atoms with Gasteiger partial charge < -0.3 is 14.5 Å². The molecule has 6 nitrogen and oxygen atoms in total. The summed E-state index contributed by atoms with van der Waals surface area (Å²) in [7, 11) is 1.56. The highest BCUT2D eigenvalue weighted by Crippen LogP contribution is 2.31. The van der Waals surface area contributed by atoms with Crippen LogP contribution in [0, 0.1) is 0 Å². The second-order valence-electron chi connectivity index (χ2n) is 5.84. The first-order valence-corrected chi connectivity index (χ1v) is 9.38. The molecule has 0 saturated heterocycles. The smallest absolute Gasteiger partial charge is 0.255 e. The van der Waals surface area contributed by atoms with Crippen molar-refractivity contribution >= 4 is 50.4 Å². The van der Waals surface area contributed by atoms with Crippen LogP contribution in [0.2, 0.25) is 5.02 Å². The number of oxazole rings is 1. The number of carbonyl (C=O) groups is 1. The molecule has 0 spiro atoms. The van der Waals surface area contributed by atoms with E-state index in [0.717, 1.165) is 0 Å². The molecule has 4 aromatic rings. The van der Waals surface area contributed by atoms with Crippen LogP contribution in [0.4, 0.5) is 5.69 Å². The van der Waals surface area contributed by atoms with E-state index in [4.69, 9.17) is 20.8 Å². The predicted octanol–water partition coefficient (Wildman–Crippen LogP) is 5.57. The summed E-state index contributed by atoms with van der Waals surface area (Å²) in [6.45, 7) is 0. The van der Waals surface area contributed by atoms with Gasteiger partial charge in [-0.05, 0) is 64.5 Å². The summed E-state index contributed by atoms with van der Waals surface area (Å²) in [5.74, 6) is 0.732. The van der Waals surface area contributed by atoms with E-state index >= 15 is 0 Å². The van der Waals surface area contributed by atoms with Crippen molar-refractivity contribution < 1.29 is 13.9 Å². The molecule has 2 aromatic heterocycles. The minimum atomic E-state index is -0.304. The molecule has 0 fully saturated rings. The number of rotatable bonds is 4. The van der Waals surface area contributed by atoms with Crippen molar-refractivity contribution in [3.8, 4) is 17.2 Å². The van der Waals surface area contributed by atoms with Crippen molar-refractivity contribution in [2.24, 2.45) is 0 Å². The zero-order chi connectivity index (χ0) is 19.7. The molecule has 0 aliphatic rings. The van der Waals surface area contributed by atoms with Crippen molar-refractivity contribution in [2.45, 2.75) is 0 Å². The van der Waals surface area contributed by atoms with Crippen LogP contribution in [0.5, 0.6) is 5.75 Å². The van der Waals surface area contributed by atoms with Gasteiger partial charge in [0.1, 0.15) is 5.75 Å². The number of amides is 1. The van der Waals surface area contributed by atoms with Gasteiger partial charge in [-0.1, -0.05) is 11.6 Å². The molecule has 1 N–H and O–H groups in total. The topological polar surface area (TPSA) is 77.2 Å². The van der Waals surface area contributed by atoms with E-state index in [1.54, 1.807) is 61.8 Å². The van der Waals surface area contributed by atoms with E-state index in [0.29, 0.717) is 49.2 Å². The van der Waals surface area contributed by atoms with Crippen molar-refractivity contribution in [3.63, 3.8) is 0 Å². The van der Waals surface area contributed by atoms with Gasteiger partial charge in [-0.3, -0.25) is 4.79 Å². The lowest BCUT2D eigenvalue weighted by molar-refractivity contribution is 0.102. The number of nitrogens with one attached hydrogen (secondary N) is 1. The molecular formula is C20H13BrClN3O3. The maximum absolute atomic E-state index is 12.6. The van der Waals surface area contributed by atoms with Crippen LogP contribution < -0.4 is 10.1 Å². The van der Waals surface area contributed by atoms with Gasteiger partial charge in [0.2, 0.25) is 5.89 Å². The first-order chi connectivity index (χ1) is 13.5. The van der Waals surface area contributed by atoms with Crippen LogP contribution >= 0.6 is 27.5 Å². The monoisotopic (exact) mass is 457 g/mol. The molecule has 0 aliphatic heterocycles. The highest BCUT2D eigenvalue weighted by atomic mass is 79.9. The number of aromatic nitrogens is 2. The zero-order valence-electron chi connectivity index (χ0n) is 14.6. The van der Waals surface area contributed by atoms with E-state index in [1.165, 1.54) is 0 Å². The Morgan fingerprint density at radius 3 is 2.82 bits per heavy atom. The van der Waals surface area contributed by atoms with E-state index in [-0.39, 0.29) is 5.91 Å². The minimum absolute atomic E-state index is 0.304. The third kappa shape index (κ3) is 3.58. The van der Waals surface area contributed by atoms with E-state index in [2.05, 4.69) is 31.2 Å². The summed E-state index contributed by atoms with van der Waals surface area (Å²) < 4.78 is 11.6. The van der Waals surface area contributed by atoms with Crippen LogP contribution in [0.1, 0.15) is 10.4 Å². The number of nitrogens with zero attached hydrogens (tertiary/aromatic N) is 2. The lowest BCUT2D eigenvalue weighted by Gasteiger charge is -2.10. The second kappa shape index (κ2) is 7.61. The number of ether oxygens (including phenoxy) is 1. The predicted molar refractivity (Wildman–Crippen MR) is 111 cm³/mol. The van der Waals surface area contributed by atoms with Gasteiger partial charge in [-0.2, -0.15) is 4.98 Å². The average molecular weight is 459 g/mol. The standard InChI is InChI=1S/C20H13BrClN3O3/c1-27-16-7-5-11(9-13(16)21)19(26)24-15-10-12(4-6-14(15)22)20-25-18-17(28-20)3-2-8-23-18/h2-10H,1H3,(H,24,26). The van der Waals surface area contributed by atoms with Gasteiger partial charge in [-0.15, -0.1) is 0 Å². The quantitative estimate of drug-likeness (QED) is 0.433. The molecule has 4 rings (SSSR count). The summed E-state index contributed by atoms with van der Waals surface area (Å²) >= 11 is 9.64. The van der Waals surface area contributed by atoms with Gasteiger partial charge in [-0.25, -0.2) is 4.98 Å². The van der Waals surface area contributed by atoms with Crippen LogP contribution in [0.3, 0.4) is 0 Å². The van der Waals surface area contributed by atoms with Gasteiger partial charge in [0.05, 0.1) is 22.3 Å². The number of hydrogen-bond acceptors (Lipinski definition) is 5. The first kappa shape index (κ1) is 18.5. The fraction of sp³-hybridized carbons (Fsp3) is 0.0500. The number of methoxy groups -OCH3 is 1. The van der Waals surface area contributed by atoms with Gasteiger partial charge in [0.25, 0.3) is 5.91 Å².